The van der Waals surface area contributed by atoms with Crippen molar-refractivity contribution in [2.75, 3.05) is 19.7 Å². The number of amides is 2. The first kappa shape index (κ1) is 17.3. The van der Waals surface area contributed by atoms with E-state index < -0.39 is 0 Å². The van der Waals surface area contributed by atoms with E-state index in [1.54, 1.807) is 6.92 Å². The number of nitrogens with zero attached hydrogens (tertiary/aromatic N) is 3. The predicted molar refractivity (Wildman–Crippen MR) is 92.4 cm³/mol. The highest BCUT2D eigenvalue weighted by Crippen LogP contribution is 2.25. The minimum absolute atomic E-state index is 0.0766. The number of ether oxygens (including phenoxy) is 1. The number of rotatable bonds is 5. The highest BCUT2D eigenvalue weighted by Gasteiger charge is 2.28. The lowest BCUT2D eigenvalue weighted by molar-refractivity contribution is 0.171. The van der Waals surface area contributed by atoms with Gasteiger partial charge in [0, 0.05) is 25.2 Å². The third kappa shape index (κ3) is 4.29. The molecule has 1 aromatic carbocycles. The number of nitrogens with one attached hydrogen (secondary N) is 1. The Labute approximate surface area is 147 Å². The number of benzene rings is 1. The standard InChI is InChI=1S/C18H24N4O3/c1-3-24-16-9-5-4-7-14(16)11-19-18(23)22-10-6-8-15(12-22)17-20-13(2)21-25-17/h4-5,7,9,15H,3,6,8,10-12H2,1-2H3,(H,19,23). The molecule has 1 aliphatic rings. The molecule has 134 valence electrons. The molecule has 7 heteroatoms. The van der Waals surface area contributed by atoms with Crippen LogP contribution in [-0.2, 0) is 6.54 Å². The maximum absolute atomic E-state index is 12.5. The first-order chi connectivity index (χ1) is 12.2. The summed E-state index contributed by atoms with van der Waals surface area (Å²) in [6.07, 6.45) is 1.88. The van der Waals surface area contributed by atoms with E-state index in [1.165, 1.54) is 0 Å². The second kappa shape index (κ2) is 8.00. The Morgan fingerprint density at radius 3 is 3.04 bits per heavy atom. The van der Waals surface area contributed by atoms with E-state index in [0.717, 1.165) is 30.7 Å². The minimum atomic E-state index is -0.0766. The van der Waals surface area contributed by atoms with Gasteiger partial charge in [0.05, 0.1) is 12.5 Å². The van der Waals surface area contributed by atoms with E-state index in [4.69, 9.17) is 9.26 Å². The van der Waals surface area contributed by atoms with Crippen molar-refractivity contribution in [3.63, 3.8) is 0 Å². The van der Waals surface area contributed by atoms with E-state index in [2.05, 4.69) is 15.5 Å². The molecule has 0 spiro atoms. The molecule has 1 aliphatic heterocycles. The van der Waals surface area contributed by atoms with Gasteiger partial charge in [0.1, 0.15) is 5.75 Å². The van der Waals surface area contributed by atoms with Crippen LogP contribution in [0.3, 0.4) is 0 Å². The van der Waals surface area contributed by atoms with Crippen molar-refractivity contribution in [1.29, 1.82) is 0 Å². The molecule has 25 heavy (non-hydrogen) atoms. The van der Waals surface area contributed by atoms with E-state index in [0.29, 0.717) is 31.4 Å². The zero-order valence-electron chi connectivity index (χ0n) is 14.7. The summed E-state index contributed by atoms with van der Waals surface area (Å²) in [7, 11) is 0. The van der Waals surface area contributed by atoms with E-state index in [1.807, 2.05) is 36.1 Å². The van der Waals surface area contributed by atoms with Crippen molar-refractivity contribution in [2.24, 2.45) is 0 Å². The Kier molecular flexibility index (Phi) is 5.53. The van der Waals surface area contributed by atoms with Gasteiger partial charge in [0.2, 0.25) is 5.89 Å². The lowest BCUT2D eigenvalue weighted by Crippen LogP contribution is -2.44. The largest absolute Gasteiger partial charge is 0.494 e. The number of carbonyl (C=O) groups excluding carboxylic acids is 1. The molecule has 1 N–H and O–H groups in total. The van der Waals surface area contributed by atoms with E-state index in [-0.39, 0.29) is 11.9 Å². The van der Waals surface area contributed by atoms with Gasteiger partial charge in [-0.1, -0.05) is 23.4 Å². The predicted octanol–water partition coefficient (Wildman–Crippen LogP) is 2.87. The fourth-order valence-corrected chi connectivity index (χ4v) is 3.07. The van der Waals surface area contributed by atoms with Crippen LogP contribution in [0.15, 0.2) is 28.8 Å². The monoisotopic (exact) mass is 344 g/mol. The Bertz CT molecular complexity index is 716. The van der Waals surface area contributed by atoms with Crippen LogP contribution in [0.2, 0.25) is 0 Å². The van der Waals surface area contributed by atoms with Gasteiger partial charge in [0.25, 0.3) is 0 Å². The Balaban J connectivity index is 1.58. The van der Waals surface area contributed by atoms with Crippen molar-refractivity contribution in [2.45, 2.75) is 39.2 Å². The summed E-state index contributed by atoms with van der Waals surface area (Å²) < 4.78 is 10.9. The average molecular weight is 344 g/mol. The molecule has 2 amide bonds. The number of hydrogen-bond acceptors (Lipinski definition) is 5. The third-order valence-electron chi connectivity index (χ3n) is 4.30. The number of piperidine rings is 1. The van der Waals surface area contributed by atoms with E-state index >= 15 is 0 Å². The van der Waals surface area contributed by atoms with E-state index in [9.17, 15) is 4.79 Å². The van der Waals surface area contributed by atoms with Crippen molar-refractivity contribution < 1.29 is 14.1 Å². The van der Waals surface area contributed by atoms with Crippen LogP contribution in [0.4, 0.5) is 4.79 Å². The van der Waals surface area contributed by atoms with Crippen molar-refractivity contribution in [3.05, 3.63) is 41.5 Å². The molecule has 0 bridgehead atoms. The van der Waals surface area contributed by atoms with Gasteiger partial charge >= 0.3 is 6.03 Å². The number of likely N-dealkylation sites (tertiary alicyclic amines) is 1. The average Bonchev–Trinajstić information content (AvgIpc) is 3.07. The van der Waals surface area contributed by atoms with Gasteiger partial charge in [0.15, 0.2) is 5.82 Å². The second-order valence-electron chi connectivity index (χ2n) is 6.16. The zero-order chi connectivity index (χ0) is 17.6. The van der Waals surface area contributed by atoms with Gasteiger partial charge in [-0.05, 0) is 32.8 Å². The lowest BCUT2D eigenvalue weighted by atomic mass is 9.98. The number of urea groups is 1. The molecule has 7 nitrogen and oxygen atoms in total. The van der Waals surface area contributed by atoms with Crippen molar-refractivity contribution in [3.8, 4) is 5.75 Å². The normalized spacial score (nSPS) is 17.4. The van der Waals surface area contributed by atoms with Crippen LogP contribution in [0.1, 0.15) is 43.0 Å². The summed E-state index contributed by atoms with van der Waals surface area (Å²) in [5.41, 5.74) is 0.971. The Morgan fingerprint density at radius 1 is 1.44 bits per heavy atom. The zero-order valence-corrected chi connectivity index (χ0v) is 14.7. The third-order valence-corrected chi connectivity index (χ3v) is 4.30. The van der Waals surface area contributed by atoms with Crippen LogP contribution < -0.4 is 10.1 Å². The number of carbonyl (C=O) groups is 1. The summed E-state index contributed by atoms with van der Waals surface area (Å²) in [4.78, 5) is 18.6. The lowest BCUT2D eigenvalue weighted by Gasteiger charge is -2.31. The first-order valence-electron chi connectivity index (χ1n) is 8.71. The highest BCUT2D eigenvalue weighted by molar-refractivity contribution is 5.74. The summed E-state index contributed by atoms with van der Waals surface area (Å²) in [6.45, 7) is 6.12. The Morgan fingerprint density at radius 2 is 2.28 bits per heavy atom. The van der Waals surface area contributed by atoms with Gasteiger partial charge in [-0.15, -0.1) is 0 Å². The number of para-hydroxylation sites is 1. The minimum Gasteiger partial charge on any atom is -0.494 e. The van der Waals surface area contributed by atoms with Crippen molar-refractivity contribution in [1.82, 2.24) is 20.4 Å². The number of hydrogen-bond donors (Lipinski definition) is 1. The van der Waals surface area contributed by atoms with Gasteiger partial charge in [-0.3, -0.25) is 0 Å². The van der Waals surface area contributed by atoms with Crippen LogP contribution in [-0.4, -0.2) is 40.8 Å². The molecule has 0 saturated carbocycles. The molecule has 1 fully saturated rings. The number of aryl methyl sites for hydroxylation is 1. The number of aromatic nitrogens is 2. The quantitative estimate of drug-likeness (QED) is 0.902. The summed E-state index contributed by atoms with van der Waals surface area (Å²) in [5.74, 6) is 2.17. The van der Waals surface area contributed by atoms with Crippen LogP contribution in [0.5, 0.6) is 5.75 Å². The molecule has 3 rings (SSSR count). The topological polar surface area (TPSA) is 80.5 Å². The fraction of sp³-hybridized carbons (Fsp3) is 0.500. The molecular weight excluding hydrogens is 320 g/mol. The van der Waals surface area contributed by atoms with Gasteiger partial charge < -0.3 is 19.5 Å². The summed E-state index contributed by atoms with van der Waals surface area (Å²) in [5, 5.41) is 6.83. The molecular formula is C18H24N4O3. The van der Waals surface area contributed by atoms with Crippen molar-refractivity contribution >= 4 is 6.03 Å². The highest BCUT2D eigenvalue weighted by atomic mass is 16.5. The summed E-state index contributed by atoms with van der Waals surface area (Å²) >= 11 is 0. The van der Waals surface area contributed by atoms with Crippen LogP contribution >= 0.6 is 0 Å². The molecule has 2 heterocycles. The first-order valence-corrected chi connectivity index (χ1v) is 8.71. The van der Waals surface area contributed by atoms with Gasteiger partial charge in [-0.2, -0.15) is 4.98 Å². The summed E-state index contributed by atoms with van der Waals surface area (Å²) in [6, 6.07) is 7.68. The van der Waals surface area contributed by atoms with Crippen LogP contribution in [0, 0.1) is 6.92 Å². The molecule has 0 aliphatic carbocycles. The molecule has 1 unspecified atom stereocenters. The molecule has 2 aromatic rings. The second-order valence-corrected chi connectivity index (χ2v) is 6.16. The van der Waals surface area contributed by atoms with Gasteiger partial charge in [-0.25, -0.2) is 4.79 Å². The maximum Gasteiger partial charge on any atom is 0.317 e. The molecule has 1 atom stereocenters. The molecule has 1 aromatic heterocycles. The molecule has 0 radical (unpaired) electrons. The maximum atomic E-state index is 12.5. The Hall–Kier alpha value is -2.57. The smallest absolute Gasteiger partial charge is 0.317 e. The van der Waals surface area contributed by atoms with Crippen LogP contribution in [0.25, 0.3) is 0 Å². The fourth-order valence-electron chi connectivity index (χ4n) is 3.07. The molecule has 1 saturated heterocycles. The SMILES string of the molecule is CCOc1ccccc1CNC(=O)N1CCCC(c2nc(C)no2)C1.